The van der Waals surface area contributed by atoms with E-state index in [4.69, 9.17) is 5.11 Å². The summed E-state index contributed by atoms with van der Waals surface area (Å²) in [6.07, 6.45) is 1.70. The van der Waals surface area contributed by atoms with Gasteiger partial charge in [0, 0.05) is 6.20 Å². The third kappa shape index (κ3) is 2.61. The van der Waals surface area contributed by atoms with Crippen LogP contribution in [0.1, 0.15) is 16.8 Å². The molecule has 0 aliphatic rings. The van der Waals surface area contributed by atoms with Crippen LogP contribution in [0.15, 0.2) is 28.9 Å². The molecule has 2 aromatic rings. The van der Waals surface area contributed by atoms with Gasteiger partial charge < -0.3 is 5.11 Å². The van der Waals surface area contributed by atoms with E-state index < -0.39 is 5.97 Å². The Morgan fingerprint density at radius 1 is 1.39 bits per heavy atom. The molecule has 0 saturated heterocycles. The monoisotopic (exact) mass is 308 g/mol. The van der Waals surface area contributed by atoms with Crippen molar-refractivity contribution in [2.75, 3.05) is 0 Å². The summed E-state index contributed by atoms with van der Waals surface area (Å²) >= 11 is 3.33. The number of hydrogen-bond donors (Lipinski definition) is 1. The van der Waals surface area contributed by atoms with Gasteiger partial charge in [-0.3, -0.25) is 4.79 Å². The van der Waals surface area contributed by atoms with E-state index in [9.17, 15) is 4.79 Å². The summed E-state index contributed by atoms with van der Waals surface area (Å²) in [4.78, 5) is 10.7. The molecule has 0 radical (unpaired) electrons. The molecule has 0 fully saturated rings. The maximum atomic E-state index is 10.7. The fraction of sp³-hybridized carbons (Fsp3) is 0.231. The first-order valence-electron chi connectivity index (χ1n) is 5.51. The third-order valence-electron chi connectivity index (χ3n) is 2.81. The number of benzene rings is 1. The summed E-state index contributed by atoms with van der Waals surface area (Å²) < 4.78 is 2.40. The fourth-order valence-electron chi connectivity index (χ4n) is 1.65. The number of aromatic nitrogens is 2. The molecular weight excluding hydrogens is 296 g/mol. The Morgan fingerprint density at radius 2 is 2.11 bits per heavy atom. The molecule has 0 saturated carbocycles. The van der Waals surface area contributed by atoms with Crippen LogP contribution < -0.4 is 0 Å². The number of hydrogen-bond acceptors (Lipinski definition) is 2. The van der Waals surface area contributed by atoms with Gasteiger partial charge in [-0.15, -0.1) is 0 Å². The van der Waals surface area contributed by atoms with E-state index >= 15 is 0 Å². The van der Waals surface area contributed by atoms with E-state index in [1.807, 2.05) is 32.0 Å². The van der Waals surface area contributed by atoms with E-state index in [2.05, 4.69) is 21.0 Å². The van der Waals surface area contributed by atoms with Crippen LogP contribution in [0.2, 0.25) is 0 Å². The van der Waals surface area contributed by atoms with Gasteiger partial charge in [0.15, 0.2) is 0 Å². The minimum absolute atomic E-state index is 0.0849. The number of carbonyl (C=O) groups is 1. The quantitative estimate of drug-likeness (QED) is 0.948. The Hall–Kier alpha value is -1.62. The molecule has 1 N–H and O–H groups in total. The van der Waals surface area contributed by atoms with Crippen LogP contribution in [0, 0.1) is 13.8 Å². The van der Waals surface area contributed by atoms with Crippen molar-refractivity contribution in [1.82, 2.24) is 9.78 Å². The molecule has 2 rings (SSSR count). The molecule has 94 valence electrons. The van der Waals surface area contributed by atoms with E-state index in [0.29, 0.717) is 10.2 Å². The molecule has 0 amide bonds. The van der Waals surface area contributed by atoms with Crippen molar-refractivity contribution >= 4 is 21.9 Å². The largest absolute Gasteiger partial charge is 0.481 e. The molecule has 0 atom stereocenters. The lowest BCUT2D eigenvalue weighted by molar-refractivity contribution is -0.136. The summed E-state index contributed by atoms with van der Waals surface area (Å²) in [7, 11) is 0. The lowest BCUT2D eigenvalue weighted by Gasteiger charge is -2.04. The predicted octanol–water partition coefficient (Wildman–Crippen LogP) is 2.88. The SMILES string of the molecule is Cc1ccc(-n2cc(Br)c(CC(=O)O)n2)cc1C. The van der Waals surface area contributed by atoms with Crippen molar-refractivity contribution in [2.45, 2.75) is 20.3 Å². The summed E-state index contributed by atoms with van der Waals surface area (Å²) in [6.45, 7) is 4.09. The van der Waals surface area contributed by atoms with E-state index in [1.165, 1.54) is 11.1 Å². The van der Waals surface area contributed by atoms with E-state index in [-0.39, 0.29) is 6.42 Å². The van der Waals surface area contributed by atoms with Crippen LogP contribution in [0.5, 0.6) is 0 Å². The maximum Gasteiger partial charge on any atom is 0.309 e. The molecular formula is C13H13BrN2O2. The van der Waals surface area contributed by atoms with E-state index in [0.717, 1.165) is 5.69 Å². The molecule has 18 heavy (non-hydrogen) atoms. The highest BCUT2D eigenvalue weighted by Gasteiger charge is 2.11. The summed E-state index contributed by atoms with van der Waals surface area (Å²) in [5.41, 5.74) is 3.85. The van der Waals surface area contributed by atoms with Crippen LogP contribution in [0.4, 0.5) is 0 Å². The number of nitrogens with zero attached hydrogens (tertiary/aromatic N) is 2. The lowest BCUT2D eigenvalue weighted by atomic mass is 10.1. The number of aliphatic carboxylic acids is 1. The first-order chi connectivity index (χ1) is 8.47. The zero-order valence-electron chi connectivity index (χ0n) is 10.1. The first kappa shape index (κ1) is 12.8. The highest BCUT2D eigenvalue weighted by atomic mass is 79.9. The Morgan fingerprint density at radius 3 is 2.72 bits per heavy atom. The van der Waals surface area contributed by atoms with Crippen molar-refractivity contribution in [2.24, 2.45) is 0 Å². The normalized spacial score (nSPS) is 10.6. The Bertz CT molecular complexity index is 605. The second-order valence-electron chi connectivity index (χ2n) is 4.21. The molecule has 1 heterocycles. The topological polar surface area (TPSA) is 55.1 Å². The minimum atomic E-state index is -0.888. The number of carboxylic acid groups (broad SMARTS) is 1. The van der Waals surface area contributed by atoms with Crippen LogP contribution in [0.3, 0.4) is 0 Å². The molecule has 0 aliphatic carbocycles. The zero-order valence-corrected chi connectivity index (χ0v) is 11.7. The maximum absolute atomic E-state index is 10.7. The Labute approximate surface area is 113 Å². The third-order valence-corrected chi connectivity index (χ3v) is 3.48. The van der Waals surface area contributed by atoms with Gasteiger partial charge in [0.2, 0.25) is 0 Å². The smallest absolute Gasteiger partial charge is 0.309 e. The second kappa shape index (κ2) is 4.94. The lowest BCUT2D eigenvalue weighted by Crippen LogP contribution is -2.03. The molecule has 4 nitrogen and oxygen atoms in total. The standard InChI is InChI=1S/C13H13BrN2O2/c1-8-3-4-10(5-9(8)2)16-7-11(14)12(15-16)6-13(17)18/h3-5,7H,6H2,1-2H3,(H,17,18). The van der Waals surface area contributed by atoms with Gasteiger partial charge in [0.05, 0.1) is 22.3 Å². The zero-order chi connectivity index (χ0) is 13.3. The number of halogens is 1. The molecule has 0 bridgehead atoms. The Kier molecular flexibility index (Phi) is 3.52. The Balaban J connectivity index is 2.39. The predicted molar refractivity (Wildman–Crippen MR) is 72.1 cm³/mol. The van der Waals surface area contributed by atoms with Crippen molar-refractivity contribution in [1.29, 1.82) is 0 Å². The number of carboxylic acids is 1. The molecule has 0 spiro atoms. The van der Waals surface area contributed by atoms with Crippen LogP contribution in [0.25, 0.3) is 5.69 Å². The van der Waals surface area contributed by atoms with Crippen LogP contribution >= 0.6 is 15.9 Å². The summed E-state index contributed by atoms with van der Waals surface area (Å²) in [6, 6.07) is 6.02. The second-order valence-corrected chi connectivity index (χ2v) is 5.06. The molecule has 1 aromatic carbocycles. The molecule has 1 aromatic heterocycles. The van der Waals surface area contributed by atoms with Crippen molar-refractivity contribution in [3.05, 3.63) is 45.7 Å². The van der Waals surface area contributed by atoms with Crippen molar-refractivity contribution < 1.29 is 9.90 Å². The van der Waals surface area contributed by atoms with Crippen molar-refractivity contribution in [3.8, 4) is 5.69 Å². The average molecular weight is 309 g/mol. The van der Waals surface area contributed by atoms with Gasteiger partial charge in [0.1, 0.15) is 0 Å². The van der Waals surface area contributed by atoms with Gasteiger partial charge in [-0.05, 0) is 53.0 Å². The number of aryl methyl sites for hydroxylation is 2. The fourth-order valence-corrected chi connectivity index (χ4v) is 2.07. The van der Waals surface area contributed by atoms with Crippen molar-refractivity contribution in [3.63, 3.8) is 0 Å². The van der Waals surface area contributed by atoms with Gasteiger partial charge in [-0.2, -0.15) is 5.10 Å². The molecule has 5 heteroatoms. The molecule has 0 aliphatic heterocycles. The highest BCUT2D eigenvalue weighted by Crippen LogP contribution is 2.20. The van der Waals surface area contributed by atoms with Crippen LogP contribution in [-0.2, 0) is 11.2 Å². The summed E-state index contributed by atoms with van der Waals surface area (Å²) in [5, 5.41) is 13.1. The van der Waals surface area contributed by atoms with Gasteiger partial charge >= 0.3 is 5.97 Å². The molecule has 0 unspecified atom stereocenters. The van der Waals surface area contributed by atoms with Gasteiger partial charge in [-0.25, -0.2) is 4.68 Å². The number of rotatable bonds is 3. The van der Waals surface area contributed by atoms with Gasteiger partial charge in [-0.1, -0.05) is 6.07 Å². The first-order valence-corrected chi connectivity index (χ1v) is 6.30. The highest BCUT2D eigenvalue weighted by molar-refractivity contribution is 9.10. The van der Waals surface area contributed by atoms with E-state index in [1.54, 1.807) is 10.9 Å². The van der Waals surface area contributed by atoms with Gasteiger partial charge in [0.25, 0.3) is 0 Å². The summed E-state index contributed by atoms with van der Waals surface area (Å²) in [5.74, 6) is -0.888. The average Bonchev–Trinajstić information content (AvgIpc) is 2.63. The van der Waals surface area contributed by atoms with Crippen LogP contribution in [-0.4, -0.2) is 20.9 Å². The minimum Gasteiger partial charge on any atom is -0.481 e.